The third-order valence-electron chi connectivity index (χ3n) is 4.74. The molecular weight excluding hydrogens is 398 g/mol. The van der Waals surface area contributed by atoms with Crippen LogP contribution in [0.25, 0.3) is 10.6 Å². The van der Waals surface area contributed by atoms with Crippen molar-refractivity contribution in [1.29, 1.82) is 0 Å². The lowest BCUT2D eigenvalue weighted by atomic mass is 9.95. The number of pyridine rings is 1. The maximum absolute atomic E-state index is 10.1. The van der Waals surface area contributed by atoms with Gasteiger partial charge in [-0.1, -0.05) is 35.1 Å². The molecule has 0 bridgehead atoms. The zero-order valence-electron chi connectivity index (χ0n) is 15.0. The monoisotopic (exact) mass is 417 g/mol. The third kappa shape index (κ3) is 4.39. The van der Waals surface area contributed by atoms with Crippen molar-refractivity contribution < 1.29 is 14.9 Å². The van der Waals surface area contributed by atoms with E-state index in [1.165, 1.54) is 11.3 Å². The van der Waals surface area contributed by atoms with Gasteiger partial charge in [-0.05, 0) is 29.3 Å². The molecule has 1 aliphatic heterocycles. The molecule has 3 atom stereocenters. The highest BCUT2D eigenvalue weighted by Gasteiger charge is 2.29. The molecule has 3 aromatic rings. The van der Waals surface area contributed by atoms with Gasteiger partial charge in [0, 0.05) is 42.2 Å². The standard InChI is InChI=1S/C20H20ClN3O3S/c21-17-4-3-12(18-9-15(26)8-16(11-25)27-18)6-14(17)7-19-23-24-20(28-19)13-2-1-5-22-10-13/h1-6,10,15-16,18,25-26H,7-9,11H2. The lowest BCUT2D eigenvalue weighted by molar-refractivity contribution is -0.113. The SMILES string of the molecule is OCC1CC(O)CC(c2ccc(Cl)c(Cc3nnc(-c4cccnc4)s3)c2)O1. The van der Waals surface area contributed by atoms with E-state index >= 15 is 0 Å². The second-order valence-corrected chi connectivity index (χ2v) is 8.29. The van der Waals surface area contributed by atoms with Crippen LogP contribution in [0.4, 0.5) is 0 Å². The molecule has 6 nitrogen and oxygen atoms in total. The summed E-state index contributed by atoms with van der Waals surface area (Å²) >= 11 is 7.92. The lowest BCUT2D eigenvalue weighted by Crippen LogP contribution is -2.33. The van der Waals surface area contributed by atoms with Gasteiger partial charge in [0.25, 0.3) is 0 Å². The number of benzene rings is 1. The predicted octanol–water partition coefficient (Wildman–Crippen LogP) is 3.42. The van der Waals surface area contributed by atoms with Crippen molar-refractivity contribution in [3.05, 3.63) is 63.9 Å². The van der Waals surface area contributed by atoms with E-state index in [0.29, 0.717) is 24.3 Å². The zero-order valence-corrected chi connectivity index (χ0v) is 16.6. The number of ether oxygens (including phenoxy) is 1. The van der Waals surface area contributed by atoms with Gasteiger partial charge in [0.05, 0.1) is 24.9 Å². The van der Waals surface area contributed by atoms with E-state index in [4.69, 9.17) is 16.3 Å². The number of aromatic nitrogens is 3. The average Bonchev–Trinajstić information content (AvgIpc) is 3.18. The van der Waals surface area contributed by atoms with E-state index in [0.717, 1.165) is 26.7 Å². The van der Waals surface area contributed by atoms with Crippen LogP contribution in [0.1, 0.15) is 35.1 Å². The van der Waals surface area contributed by atoms with E-state index in [1.54, 1.807) is 12.4 Å². The fraction of sp³-hybridized carbons (Fsp3) is 0.350. The van der Waals surface area contributed by atoms with Gasteiger partial charge in [0.15, 0.2) is 0 Å². The summed E-state index contributed by atoms with van der Waals surface area (Å²) in [5, 5.41) is 30.3. The molecule has 3 heterocycles. The molecule has 28 heavy (non-hydrogen) atoms. The molecule has 0 aliphatic carbocycles. The van der Waals surface area contributed by atoms with Crippen LogP contribution in [0.2, 0.25) is 5.02 Å². The molecule has 1 aliphatic rings. The van der Waals surface area contributed by atoms with Crippen LogP contribution in [0, 0.1) is 0 Å². The largest absolute Gasteiger partial charge is 0.394 e. The highest BCUT2D eigenvalue weighted by Crippen LogP contribution is 2.34. The molecule has 1 saturated heterocycles. The van der Waals surface area contributed by atoms with Gasteiger partial charge in [-0.3, -0.25) is 4.98 Å². The molecule has 0 amide bonds. The topological polar surface area (TPSA) is 88.4 Å². The Labute approximate surface area is 171 Å². The van der Waals surface area contributed by atoms with Gasteiger partial charge in [0.1, 0.15) is 10.0 Å². The van der Waals surface area contributed by atoms with Gasteiger partial charge in [-0.2, -0.15) is 0 Å². The minimum Gasteiger partial charge on any atom is -0.394 e. The van der Waals surface area contributed by atoms with Crippen molar-refractivity contribution in [2.24, 2.45) is 0 Å². The van der Waals surface area contributed by atoms with Crippen molar-refractivity contribution in [1.82, 2.24) is 15.2 Å². The Morgan fingerprint density at radius 2 is 2.11 bits per heavy atom. The van der Waals surface area contributed by atoms with E-state index < -0.39 is 6.10 Å². The Morgan fingerprint density at radius 1 is 1.21 bits per heavy atom. The Morgan fingerprint density at radius 3 is 2.89 bits per heavy atom. The average molecular weight is 418 g/mol. The molecule has 0 saturated carbocycles. The first-order valence-electron chi connectivity index (χ1n) is 9.08. The zero-order chi connectivity index (χ0) is 19.5. The summed E-state index contributed by atoms with van der Waals surface area (Å²) < 4.78 is 5.91. The van der Waals surface area contributed by atoms with E-state index in [-0.39, 0.29) is 18.8 Å². The molecular formula is C20H20ClN3O3S. The minimum absolute atomic E-state index is 0.101. The Bertz CT molecular complexity index is 937. The van der Waals surface area contributed by atoms with E-state index in [1.807, 2.05) is 30.3 Å². The minimum atomic E-state index is -0.486. The van der Waals surface area contributed by atoms with Crippen molar-refractivity contribution in [2.45, 2.75) is 37.6 Å². The molecule has 2 N–H and O–H groups in total. The molecule has 3 unspecified atom stereocenters. The number of hydrogen-bond donors (Lipinski definition) is 2. The number of hydrogen-bond acceptors (Lipinski definition) is 7. The van der Waals surface area contributed by atoms with Crippen LogP contribution in [0.3, 0.4) is 0 Å². The molecule has 146 valence electrons. The third-order valence-corrected chi connectivity index (χ3v) is 6.08. The van der Waals surface area contributed by atoms with Crippen LogP contribution in [0.5, 0.6) is 0 Å². The first-order valence-corrected chi connectivity index (χ1v) is 10.3. The fourth-order valence-electron chi connectivity index (χ4n) is 3.35. The smallest absolute Gasteiger partial charge is 0.149 e. The molecule has 1 fully saturated rings. The highest BCUT2D eigenvalue weighted by atomic mass is 35.5. The number of aliphatic hydroxyl groups excluding tert-OH is 2. The molecule has 4 rings (SSSR count). The summed E-state index contributed by atoms with van der Waals surface area (Å²) in [4.78, 5) is 4.12. The number of nitrogens with zero attached hydrogens (tertiary/aromatic N) is 3. The summed E-state index contributed by atoms with van der Waals surface area (Å²) in [6, 6.07) is 9.56. The van der Waals surface area contributed by atoms with Crippen LogP contribution < -0.4 is 0 Å². The van der Waals surface area contributed by atoms with Crippen LogP contribution in [-0.2, 0) is 11.2 Å². The highest BCUT2D eigenvalue weighted by molar-refractivity contribution is 7.14. The summed E-state index contributed by atoms with van der Waals surface area (Å²) in [5.41, 5.74) is 2.80. The van der Waals surface area contributed by atoms with Crippen LogP contribution in [0.15, 0.2) is 42.7 Å². The second kappa shape index (κ2) is 8.63. The van der Waals surface area contributed by atoms with Gasteiger partial charge in [-0.25, -0.2) is 0 Å². The van der Waals surface area contributed by atoms with Gasteiger partial charge in [0.2, 0.25) is 0 Å². The Hall–Kier alpha value is -1.90. The summed E-state index contributed by atoms with van der Waals surface area (Å²) in [5.74, 6) is 0. The van der Waals surface area contributed by atoms with Crippen molar-refractivity contribution >= 4 is 22.9 Å². The number of rotatable bonds is 5. The van der Waals surface area contributed by atoms with Crippen LogP contribution in [-0.4, -0.2) is 44.2 Å². The van der Waals surface area contributed by atoms with E-state index in [9.17, 15) is 10.2 Å². The van der Waals surface area contributed by atoms with Gasteiger partial charge >= 0.3 is 0 Å². The maximum atomic E-state index is 10.1. The quantitative estimate of drug-likeness (QED) is 0.661. The molecule has 8 heteroatoms. The summed E-state index contributed by atoms with van der Waals surface area (Å²) in [6.45, 7) is -0.101. The van der Waals surface area contributed by atoms with Crippen molar-refractivity contribution in [2.75, 3.05) is 6.61 Å². The molecule has 2 aromatic heterocycles. The summed E-state index contributed by atoms with van der Waals surface area (Å²) in [7, 11) is 0. The van der Waals surface area contributed by atoms with E-state index in [2.05, 4.69) is 15.2 Å². The Kier molecular flexibility index (Phi) is 5.99. The van der Waals surface area contributed by atoms with Gasteiger partial charge < -0.3 is 14.9 Å². The lowest BCUT2D eigenvalue weighted by Gasteiger charge is -2.32. The summed E-state index contributed by atoms with van der Waals surface area (Å²) in [6.07, 6.45) is 3.90. The first kappa shape index (κ1) is 19.4. The second-order valence-electron chi connectivity index (χ2n) is 6.82. The normalized spacial score (nSPS) is 22.3. The molecule has 1 aromatic carbocycles. The van der Waals surface area contributed by atoms with Crippen LogP contribution >= 0.6 is 22.9 Å². The first-order chi connectivity index (χ1) is 13.6. The van der Waals surface area contributed by atoms with Crippen molar-refractivity contribution in [3.63, 3.8) is 0 Å². The maximum Gasteiger partial charge on any atom is 0.149 e. The molecule has 0 radical (unpaired) electrons. The predicted molar refractivity (Wildman–Crippen MR) is 107 cm³/mol. The van der Waals surface area contributed by atoms with Gasteiger partial charge in [-0.15, -0.1) is 10.2 Å². The number of aliphatic hydroxyl groups is 2. The Balaban J connectivity index is 1.54. The molecule has 0 spiro atoms. The number of halogens is 1. The fourth-order valence-corrected chi connectivity index (χ4v) is 4.38. The van der Waals surface area contributed by atoms with Crippen molar-refractivity contribution in [3.8, 4) is 10.6 Å².